The second kappa shape index (κ2) is 6.58. The Balaban J connectivity index is 2.75. The summed E-state index contributed by atoms with van der Waals surface area (Å²) in [5.41, 5.74) is 1.22. The summed E-state index contributed by atoms with van der Waals surface area (Å²) in [6, 6.07) is 0. The predicted molar refractivity (Wildman–Crippen MR) is 69.8 cm³/mol. The molecular formula is C14H24N2O. The largest absolute Gasteiger partial charge is 0.338 e. The molecule has 0 aliphatic carbocycles. The zero-order chi connectivity index (χ0) is 12.8. The second-order valence-corrected chi connectivity index (χ2v) is 4.87. The Kier molecular flexibility index (Phi) is 5.39. The van der Waals surface area contributed by atoms with E-state index in [2.05, 4.69) is 18.8 Å². The highest BCUT2D eigenvalue weighted by atomic mass is 16.1. The molecule has 2 unspecified atom stereocenters. The van der Waals surface area contributed by atoms with Crippen molar-refractivity contribution in [1.82, 2.24) is 9.55 Å². The van der Waals surface area contributed by atoms with Gasteiger partial charge in [-0.2, -0.15) is 0 Å². The van der Waals surface area contributed by atoms with Crippen molar-refractivity contribution >= 4 is 5.78 Å². The molecule has 2 atom stereocenters. The molecule has 0 saturated heterocycles. The molecule has 0 aliphatic heterocycles. The number of hydrogen-bond acceptors (Lipinski definition) is 2. The normalized spacial score (nSPS) is 14.6. The fraction of sp³-hybridized carbons (Fsp3) is 0.714. The highest BCUT2D eigenvalue weighted by molar-refractivity contribution is 5.78. The van der Waals surface area contributed by atoms with Crippen molar-refractivity contribution in [3.63, 3.8) is 0 Å². The molecule has 1 heterocycles. The van der Waals surface area contributed by atoms with Gasteiger partial charge in [0.1, 0.15) is 5.78 Å². The first kappa shape index (κ1) is 13.9. The average molecular weight is 236 g/mol. The smallest absolute Gasteiger partial charge is 0.133 e. The summed E-state index contributed by atoms with van der Waals surface area (Å²) >= 11 is 0. The molecule has 0 amide bonds. The summed E-state index contributed by atoms with van der Waals surface area (Å²) in [4.78, 5) is 15.9. The van der Waals surface area contributed by atoms with E-state index < -0.39 is 0 Å². The van der Waals surface area contributed by atoms with Gasteiger partial charge in [0.25, 0.3) is 0 Å². The molecular weight excluding hydrogens is 212 g/mol. The molecule has 0 bridgehead atoms. The molecule has 1 aromatic heterocycles. The van der Waals surface area contributed by atoms with Crippen LogP contribution in [0.3, 0.4) is 0 Å². The van der Waals surface area contributed by atoms with Gasteiger partial charge in [-0.3, -0.25) is 4.79 Å². The molecule has 3 nitrogen and oxygen atoms in total. The number of nitrogens with zero attached hydrogens (tertiary/aromatic N) is 2. The van der Waals surface area contributed by atoms with Crippen LogP contribution in [0.1, 0.15) is 45.7 Å². The first-order valence-corrected chi connectivity index (χ1v) is 6.55. The van der Waals surface area contributed by atoms with E-state index in [1.807, 2.05) is 24.1 Å². The third kappa shape index (κ3) is 3.69. The molecule has 0 spiro atoms. The number of rotatable bonds is 7. The van der Waals surface area contributed by atoms with Crippen molar-refractivity contribution in [2.24, 2.45) is 18.9 Å². The quantitative estimate of drug-likeness (QED) is 0.729. The SMILES string of the molecule is CCCC(C(C)=O)C(CC)Cc1cncn1C. The third-order valence-corrected chi connectivity index (χ3v) is 3.60. The topological polar surface area (TPSA) is 34.9 Å². The Morgan fingerprint density at radius 1 is 1.47 bits per heavy atom. The molecule has 1 aromatic rings. The fourth-order valence-corrected chi connectivity index (χ4v) is 2.50. The summed E-state index contributed by atoms with van der Waals surface area (Å²) < 4.78 is 2.05. The molecule has 17 heavy (non-hydrogen) atoms. The standard InChI is InChI=1S/C14H24N2O/c1-5-7-14(11(3)17)12(6-2)8-13-9-15-10-16(13)4/h9-10,12,14H,5-8H2,1-4H3. The van der Waals surface area contributed by atoms with Crippen molar-refractivity contribution in [1.29, 1.82) is 0 Å². The van der Waals surface area contributed by atoms with Crippen LogP contribution in [-0.4, -0.2) is 15.3 Å². The Labute approximate surface area is 104 Å². The first-order valence-electron chi connectivity index (χ1n) is 6.55. The van der Waals surface area contributed by atoms with Crippen molar-refractivity contribution < 1.29 is 4.79 Å². The van der Waals surface area contributed by atoms with Gasteiger partial charge in [0.05, 0.1) is 6.33 Å². The lowest BCUT2D eigenvalue weighted by Gasteiger charge is -2.23. The van der Waals surface area contributed by atoms with Crippen LogP contribution in [0.5, 0.6) is 0 Å². The Morgan fingerprint density at radius 2 is 2.18 bits per heavy atom. The second-order valence-electron chi connectivity index (χ2n) is 4.87. The highest BCUT2D eigenvalue weighted by Gasteiger charge is 2.24. The molecule has 0 N–H and O–H groups in total. The molecule has 3 heteroatoms. The van der Waals surface area contributed by atoms with Gasteiger partial charge in [0.2, 0.25) is 0 Å². The van der Waals surface area contributed by atoms with Gasteiger partial charge in [-0.1, -0.05) is 26.7 Å². The van der Waals surface area contributed by atoms with Crippen LogP contribution in [0, 0.1) is 11.8 Å². The Morgan fingerprint density at radius 3 is 2.59 bits per heavy atom. The number of carbonyl (C=O) groups is 1. The molecule has 0 radical (unpaired) electrons. The number of ketones is 1. The number of carbonyl (C=O) groups excluding carboxylic acids is 1. The highest BCUT2D eigenvalue weighted by Crippen LogP contribution is 2.25. The average Bonchev–Trinajstić information content (AvgIpc) is 2.69. The third-order valence-electron chi connectivity index (χ3n) is 3.60. The minimum Gasteiger partial charge on any atom is -0.338 e. The number of aromatic nitrogens is 2. The molecule has 1 rings (SSSR count). The fourth-order valence-electron chi connectivity index (χ4n) is 2.50. The van der Waals surface area contributed by atoms with E-state index in [-0.39, 0.29) is 5.92 Å². The maximum absolute atomic E-state index is 11.7. The van der Waals surface area contributed by atoms with Crippen LogP contribution in [0.15, 0.2) is 12.5 Å². The lowest BCUT2D eigenvalue weighted by molar-refractivity contribution is -0.122. The van der Waals surface area contributed by atoms with E-state index in [4.69, 9.17) is 0 Å². The summed E-state index contributed by atoms with van der Waals surface area (Å²) in [7, 11) is 2.01. The summed E-state index contributed by atoms with van der Waals surface area (Å²) in [6.45, 7) is 6.05. The van der Waals surface area contributed by atoms with E-state index in [0.29, 0.717) is 11.7 Å². The number of Topliss-reactive ketones (excluding diaryl/α,β-unsaturated/α-hetero) is 1. The van der Waals surface area contributed by atoms with Gasteiger partial charge in [-0.05, 0) is 25.7 Å². The van der Waals surface area contributed by atoms with Gasteiger partial charge in [0, 0.05) is 24.9 Å². The number of aryl methyl sites for hydroxylation is 1. The monoisotopic (exact) mass is 236 g/mol. The van der Waals surface area contributed by atoms with Crippen LogP contribution in [0.25, 0.3) is 0 Å². The lowest BCUT2D eigenvalue weighted by atomic mass is 9.81. The zero-order valence-corrected chi connectivity index (χ0v) is 11.4. The first-order chi connectivity index (χ1) is 8.10. The zero-order valence-electron chi connectivity index (χ0n) is 11.4. The lowest BCUT2D eigenvalue weighted by Crippen LogP contribution is -2.24. The van der Waals surface area contributed by atoms with Crippen molar-refractivity contribution in [3.05, 3.63) is 18.2 Å². The molecule has 0 aromatic carbocycles. The van der Waals surface area contributed by atoms with Gasteiger partial charge in [-0.25, -0.2) is 4.98 Å². The van der Waals surface area contributed by atoms with Crippen LogP contribution in [0.4, 0.5) is 0 Å². The molecule has 0 saturated carbocycles. The van der Waals surface area contributed by atoms with Crippen LogP contribution >= 0.6 is 0 Å². The van der Waals surface area contributed by atoms with Crippen LogP contribution < -0.4 is 0 Å². The predicted octanol–water partition coefficient (Wildman–Crippen LogP) is 2.99. The van der Waals surface area contributed by atoms with Crippen molar-refractivity contribution in [2.75, 3.05) is 0 Å². The van der Waals surface area contributed by atoms with E-state index in [1.165, 1.54) is 5.69 Å². The van der Waals surface area contributed by atoms with Gasteiger partial charge in [-0.15, -0.1) is 0 Å². The van der Waals surface area contributed by atoms with Crippen LogP contribution in [0.2, 0.25) is 0 Å². The summed E-state index contributed by atoms with van der Waals surface area (Å²) in [6.07, 6.45) is 7.82. The van der Waals surface area contributed by atoms with E-state index in [0.717, 1.165) is 25.7 Å². The molecule has 0 aliphatic rings. The number of hydrogen-bond donors (Lipinski definition) is 0. The van der Waals surface area contributed by atoms with E-state index in [9.17, 15) is 4.79 Å². The van der Waals surface area contributed by atoms with Gasteiger partial charge < -0.3 is 4.57 Å². The molecule has 0 fully saturated rings. The Bertz CT molecular complexity index is 357. The van der Waals surface area contributed by atoms with Crippen molar-refractivity contribution in [2.45, 2.75) is 46.5 Å². The van der Waals surface area contributed by atoms with Crippen molar-refractivity contribution in [3.8, 4) is 0 Å². The van der Waals surface area contributed by atoms with E-state index >= 15 is 0 Å². The van der Waals surface area contributed by atoms with Crippen LogP contribution in [-0.2, 0) is 18.3 Å². The summed E-state index contributed by atoms with van der Waals surface area (Å²) in [5.74, 6) is 0.989. The summed E-state index contributed by atoms with van der Waals surface area (Å²) in [5, 5.41) is 0. The minimum absolute atomic E-state index is 0.208. The maximum atomic E-state index is 11.7. The van der Waals surface area contributed by atoms with Gasteiger partial charge >= 0.3 is 0 Å². The Hall–Kier alpha value is -1.12. The molecule has 96 valence electrons. The maximum Gasteiger partial charge on any atom is 0.133 e. The number of imidazole rings is 1. The van der Waals surface area contributed by atoms with Gasteiger partial charge in [0.15, 0.2) is 0 Å². The van der Waals surface area contributed by atoms with E-state index in [1.54, 1.807) is 6.92 Å². The minimum atomic E-state index is 0.208.